The average molecular weight is 337 g/mol. The zero-order valence-electron chi connectivity index (χ0n) is 14.1. The highest BCUT2D eigenvalue weighted by Gasteiger charge is 2.40. The van der Waals surface area contributed by atoms with Gasteiger partial charge in [-0.05, 0) is 26.0 Å². The van der Waals surface area contributed by atoms with E-state index in [2.05, 4.69) is 16.0 Å². The molecule has 132 valence electrons. The SMILES string of the molecule is COc1ccc(OC)c(NC(=O)C2NC(C)C(C)NC2C(=O)O)c1. The lowest BCUT2D eigenvalue weighted by Gasteiger charge is -2.38. The van der Waals surface area contributed by atoms with Gasteiger partial charge in [0.05, 0.1) is 19.9 Å². The fourth-order valence-electron chi connectivity index (χ4n) is 2.61. The lowest BCUT2D eigenvalue weighted by Crippen LogP contribution is -2.69. The Kier molecular flexibility index (Phi) is 5.63. The van der Waals surface area contributed by atoms with Gasteiger partial charge in [-0.2, -0.15) is 0 Å². The van der Waals surface area contributed by atoms with E-state index in [9.17, 15) is 14.7 Å². The molecule has 8 nitrogen and oxygen atoms in total. The molecule has 1 aliphatic rings. The molecule has 0 aromatic heterocycles. The largest absolute Gasteiger partial charge is 0.497 e. The third kappa shape index (κ3) is 3.77. The number of amides is 1. The molecule has 0 spiro atoms. The van der Waals surface area contributed by atoms with Crippen molar-refractivity contribution in [1.29, 1.82) is 0 Å². The first kappa shape index (κ1) is 18.0. The van der Waals surface area contributed by atoms with Crippen LogP contribution >= 0.6 is 0 Å². The maximum atomic E-state index is 12.6. The van der Waals surface area contributed by atoms with E-state index in [1.165, 1.54) is 14.2 Å². The van der Waals surface area contributed by atoms with Crippen LogP contribution in [0.2, 0.25) is 0 Å². The molecule has 0 bridgehead atoms. The Balaban J connectivity index is 2.22. The number of hydrogen-bond donors (Lipinski definition) is 4. The predicted molar refractivity (Wildman–Crippen MR) is 88.6 cm³/mol. The van der Waals surface area contributed by atoms with Crippen LogP contribution in [0.1, 0.15) is 13.8 Å². The molecule has 4 atom stereocenters. The molecule has 0 radical (unpaired) electrons. The molecule has 1 saturated heterocycles. The highest BCUT2D eigenvalue weighted by Crippen LogP contribution is 2.29. The maximum Gasteiger partial charge on any atom is 0.322 e. The van der Waals surface area contributed by atoms with Crippen LogP contribution in [0.25, 0.3) is 0 Å². The second kappa shape index (κ2) is 7.50. The second-order valence-corrected chi connectivity index (χ2v) is 5.76. The summed E-state index contributed by atoms with van der Waals surface area (Å²) in [4.78, 5) is 24.1. The highest BCUT2D eigenvalue weighted by molar-refractivity contribution is 6.00. The zero-order valence-corrected chi connectivity index (χ0v) is 14.1. The van der Waals surface area contributed by atoms with Crippen LogP contribution in [0, 0.1) is 0 Å². The number of hydrogen-bond acceptors (Lipinski definition) is 6. The average Bonchev–Trinajstić information content (AvgIpc) is 2.56. The van der Waals surface area contributed by atoms with Gasteiger partial charge in [-0.1, -0.05) is 0 Å². The lowest BCUT2D eigenvalue weighted by atomic mass is 9.97. The van der Waals surface area contributed by atoms with Crippen LogP contribution in [0.5, 0.6) is 11.5 Å². The molecule has 4 unspecified atom stereocenters. The Hall–Kier alpha value is -2.32. The molecule has 1 heterocycles. The predicted octanol–water partition coefficient (Wildman–Crippen LogP) is 0.434. The number of anilines is 1. The molecular formula is C16H23N3O5. The van der Waals surface area contributed by atoms with E-state index in [-0.39, 0.29) is 12.1 Å². The van der Waals surface area contributed by atoms with E-state index in [4.69, 9.17) is 9.47 Å². The molecule has 1 amide bonds. The monoisotopic (exact) mass is 337 g/mol. The number of rotatable bonds is 5. The fraction of sp³-hybridized carbons (Fsp3) is 0.500. The number of benzene rings is 1. The van der Waals surface area contributed by atoms with Crippen LogP contribution in [-0.4, -0.2) is 55.4 Å². The van der Waals surface area contributed by atoms with Crippen LogP contribution in [0.3, 0.4) is 0 Å². The summed E-state index contributed by atoms with van der Waals surface area (Å²) in [6, 6.07) is 2.94. The van der Waals surface area contributed by atoms with Gasteiger partial charge in [0.25, 0.3) is 0 Å². The number of carboxylic acid groups (broad SMARTS) is 1. The summed E-state index contributed by atoms with van der Waals surface area (Å²) in [6.07, 6.45) is 0. The first-order valence-corrected chi connectivity index (χ1v) is 7.65. The van der Waals surface area contributed by atoms with Crippen molar-refractivity contribution >= 4 is 17.6 Å². The molecule has 0 saturated carbocycles. The van der Waals surface area contributed by atoms with E-state index in [0.717, 1.165) is 0 Å². The minimum Gasteiger partial charge on any atom is -0.497 e. The van der Waals surface area contributed by atoms with Crippen LogP contribution in [0.4, 0.5) is 5.69 Å². The third-order valence-corrected chi connectivity index (χ3v) is 4.18. The van der Waals surface area contributed by atoms with Crippen molar-refractivity contribution in [3.05, 3.63) is 18.2 Å². The van der Waals surface area contributed by atoms with E-state index < -0.39 is 24.0 Å². The van der Waals surface area contributed by atoms with Crippen molar-refractivity contribution in [3.63, 3.8) is 0 Å². The van der Waals surface area contributed by atoms with Gasteiger partial charge in [0.2, 0.25) is 5.91 Å². The topological polar surface area (TPSA) is 109 Å². The Morgan fingerprint density at radius 2 is 1.71 bits per heavy atom. The third-order valence-electron chi connectivity index (χ3n) is 4.18. The van der Waals surface area contributed by atoms with Gasteiger partial charge in [0.15, 0.2) is 0 Å². The molecule has 2 rings (SSSR count). The van der Waals surface area contributed by atoms with Crippen molar-refractivity contribution in [3.8, 4) is 11.5 Å². The molecular weight excluding hydrogens is 314 g/mol. The zero-order chi connectivity index (χ0) is 17.9. The van der Waals surface area contributed by atoms with Gasteiger partial charge in [0, 0.05) is 18.2 Å². The number of carbonyl (C=O) groups is 2. The smallest absolute Gasteiger partial charge is 0.322 e. The Morgan fingerprint density at radius 1 is 1.08 bits per heavy atom. The standard InChI is InChI=1S/C16H23N3O5/c1-8-9(2)18-14(16(21)22)13(17-8)15(20)19-11-7-10(23-3)5-6-12(11)24-4/h5-9,13-14,17-18H,1-4H3,(H,19,20)(H,21,22). The maximum absolute atomic E-state index is 12.6. The number of nitrogens with one attached hydrogen (secondary N) is 3. The fourth-order valence-corrected chi connectivity index (χ4v) is 2.61. The second-order valence-electron chi connectivity index (χ2n) is 5.76. The first-order valence-electron chi connectivity index (χ1n) is 7.65. The van der Waals surface area contributed by atoms with Crippen molar-refractivity contribution in [2.45, 2.75) is 38.0 Å². The Labute approximate surface area is 140 Å². The van der Waals surface area contributed by atoms with Crippen molar-refractivity contribution in [2.75, 3.05) is 19.5 Å². The van der Waals surface area contributed by atoms with Gasteiger partial charge in [-0.25, -0.2) is 0 Å². The number of piperazine rings is 1. The quantitative estimate of drug-likeness (QED) is 0.617. The number of carbonyl (C=O) groups excluding carboxylic acids is 1. The van der Waals surface area contributed by atoms with Gasteiger partial charge in [-0.3, -0.25) is 20.2 Å². The molecule has 0 aliphatic carbocycles. The molecule has 8 heteroatoms. The summed E-state index contributed by atoms with van der Waals surface area (Å²) in [7, 11) is 3.01. The van der Waals surface area contributed by atoms with Crippen molar-refractivity contribution in [2.24, 2.45) is 0 Å². The molecule has 24 heavy (non-hydrogen) atoms. The summed E-state index contributed by atoms with van der Waals surface area (Å²) in [6.45, 7) is 3.76. The van der Waals surface area contributed by atoms with E-state index in [0.29, 0.717) is 17.2 Å². The lowest BCUT2D eigenvalue weighted by molar-refractivity contribution is -0.143. The molecule has 1 aromatic carbocycles. The van der Waals surface area contributed by atoms with Crippen molar-refractivity contribution < 1.29 is 24.2 Å². The Bertz CT molecular complexity index is 622. The molecule has 1 aromatic rings. The number of methoxy groups -OCH3 is 2. The van der Waals surface area contributed by atoms with Crippen LogP contribution < -0.4 is 25.4 Å². The van der Waals surface area contributed by atoms with Gasteiger partial charge in [-0.15, -0.1) is 0 Å². The van der Waals surface area contributed by atoms with Gasteiger partial charge in [0.1, 0.15) is 23.6 Å². The summed E-state index contributed by atoms with van der Waals surface area (Å²) in [5.41, 5.74) is 0.416. The summed E-state index contributed by atoms with van der Waals surface area (Å²) < 4.78 is 10.4. The number of ether oxygens (including phenoxy) is 2. The van der Waals surface area contributed by atoms with Crippen LogP contribution in [-0.2, 0) is 9.59 Å². The molecule has 1 fully saturated rings. The van der Waals surface area contributed by atoms with E-state index >= 15 is 0 Å². The summed E-state index contributed by atoms with van der Waals surface area (Å²) in [5.74, 6) is -0.530. The summed E-state index contributed by atoms with van der Waals surface area (Å²) >= 11 is 0. The van der Waals surface area contributed by atoms with Crippen molar-refractivity contribution in [1.82, 2.24) is 10.6 Å². The highest BCUT2D eigenvalue weighted by atomic mass is 16.5. The van der Waals surface area contributed by atoms with Crippen LogP contribution in [0.15, 0.2) is 18.2 Å². The first-order chi connectivity index (χ1) is 11.4. The molecule has 4 N–H and O–H groups in total. The Morgan fingerprint density at radius 3 is 2.25 bits per heavy atom. The summed E-state index contributed by atoms with van der Waals surface area (Å²) in [5, 5.41) is 18.1. The van der Waals surface area contributed by atoms with Gasteiger partial charge < -0.3 is 19.9 Å². The number of carboxylic acids is 1. The normalized spacial score (nSPS) is 26.5. The van der Waals surface area contributed by atoms with E-state index in [1.807, 2.05) is 13.8 Å². The molecule has 1 aliphatic heterocycles. The minimum absolute atomic E-state index is 0.0523. The van der Waals surface area contributed by atoms with Gasteiger partial charge >= 0.3 is 5.97 Å². The van der Waals surface area contributed by atoms with E-state index in [1.54, 1.807) is 18.2 Å². The minimum atomic E-state index is -1.08. The number of aliphatic carboxylic acids is 1.